The molecule has 0 fully saturated rings. The Morgan fingerprint density at radius 3 is 2.75 bits per heavy atom. The first-order chi connectivity index (χ1) is 7.74. The van der Waals surface area contributed by atoms with Gasteiger partial charge in [0, 0.05) is 12.4 Å². The number of nitrogens with zero attached hydrogens (tertiary/aromatic N) is 1. The summed E-state index contributed by atoms with van der Waals surface area (Å²) in [5.74, 6) is 0.177. The molecule has 0 spiro atoms. The van der Waals surface area contributed by atoms with Gasteiger partial charge in [-0.05, 0) is 24.5 Å². The fraction of sp³-hybridized carbons (Fsp3) is 0.538. The molecule has 0 amide bonds. The van der Waals surface area contributed by atoms with Gasteiger partial charge >= 0.3 is 5.97 Å². The zero-order valence-corrected chi connectivity index (χ0v) is 9.98. The molecule has 0 aromatic carbocycles. The summed E-state index contributed by atoms with van der Waals surface area (Å²) in [6, 6.07) is 3.33. The third-order valence-corrected chi connectivity index (χ3v) is 2.47. The molecular weight excluding hydrogens is 202 g/mol. The van der Waals surface area contributed by atoms with Crippen LogP contribution in [0.1, 0.15) is 43.5 Å². The number of carbonyl (C=O) groups excluding carboxylic acids is 1. The number of hydrogen-bond acceptors (Lipinski definition) is 3. The molecule has 0 N–H and O–H groups in total. The van der Waals surface area contributed by atoms with E-state index in [0.717, 1.165) is 6.42 Å². The molecule has 0 aliphatic heterocycles. The summed E-state index contributed by atoms with van der Waals surface area (Å²) in [6.07, 6.45) is 6.67. The molecule has 0 radical (unpaired) electrons. The van der Waals surface area contributed by atoms with Crippen LogP contribution in [0.15, 0.2) is 24.5 Å². The van der Waals surface area contributed by atoms with E-state index in [4.69, 9.17) is 4.74 Å². The quantitative estimate of drug-likeness (QED) is 0.693. The standard InChI is InChI=1S/C13H19NO2/c1-3-4-5-11(2)10-16-13(15)12-6-8-14-9-7-12/h6-9,11H,3-5,10H2,1-2H3. The summed E-state index contributed by atoms with van der Waals surface area (Å²) in [6.45, 7) is 4.77. The van der Waals surface area contributed by atoms with E-state index in [2.05, 4.69) is 18.8 Å². The van der Waals surface area contributed by atoms with E-state index in [-0.39, 0.29) is 5.97 Å². The average Bonchev–Trinajstić information content (AvgIpc) is 2.34. The van der Waals surface area contributed by atoms with Gasteiger partial charge in [0.25, 0.3) is 0 Å². The zero-order chi connectivity index (χ0) is 11.8. The number of hydrogen-bond donors (Lipinski definition) is 0. The Kier molecular flexibility index (Phi) is 5.54. The van der Waals surface area contributed by atoms with Crippen LogP contribution in [-0.4, -0.2) is 17.6 Å². The van der Waals surface area contributed by atoms with E-state index in [9.17, 15) is 4.79 Å². The van der Waals surface area contributed by atoms with Gasteiger partial charge in [0.15, 0.2) is 0 Å². The maximum atomic E-state index is 11.6. The van der Waals surface area contributed by atoms with Crippen LogP contribution in [0.5, 0.6) is 0 Å². The monoisotopic (exact) mass is 221 g/mol. The largest absolute Gasteiger partial charge is 0.462 e. The maximum Gasteiger partial charge on any atom is 0.338 e. The number of unbranched alkanes of at least 4 members (excludes halogenated alkanes) is 1. The molecule has 1 aromatic heterocycles. The van der Waals surface area contributed by atoms with E-state index in [0.29, 0.717) is 18.1 Å². The molecule has 3 nitrogen and oxygen atoms in total. The lowest BCUT2D eigenvalue weighted by Gasteiger charge is -2.11. The molecule has 0 saturated heterocycles. The summed E-state index contributed by atoms with van der Waals surface area (Å²) < 4.78 is 5.22. The predicted molar refractivity (Wildman–Crippen MR) is 63.2 cm³/mol. The van der Waals surface area contributed by atoms with E-state index < -0.39 is 0 Å². The van der Waals surface area contributed by atoms with Crippen molar-refractivity contribution in [1.29, 1.82) is 0 Å². The minimum absolute atomic E-state index is 0.259. The number of pyridine rings is 1. The van der Waals surface area contributed by atoms with Crippen LogP contribution in [0, 0.1) is 5.92 Å². The van der Waals surface area contributed by atoms with Crippen molar-refractivity contribution in [3.05, 3.63) is 30.1 Å². The second-order valence-corrected chi connectivity index (χ2v) is 4.08. The van der Waals surface area contributed by atoms with Crippen molar-refractivity contribution in [2.75, 3.05) is 6.61 Å². The zero-order valence-electron chi connectivity index (χ0n) is 9.98. The number of carbonyl (C=O) groups is 1. The molecule has 88 valence electrons. The van der Waals surface area contributed by atoms with Crippen molar-refractivity contribution in [3.8, 4) is 0 Å². The summed E-state index contributed by atoms with van der Waals surface area (Å²) in [4.78, 5) is 15.4. The van der Waals surface area contributed by atoms with Crippen molar-refractivity contribution in [2.45, 2.75) is 33.1 Å². The van der Waals surface area contributed by atoms with E-state index >= 15 is 0 Å². The highest BCUT2D eigenvalue weighted by molar-refractivity contribution is 5.89. The van der Waals surface area contributed by atoms with Gasteiger partial charge in [-0.25, -0.2) is 4.79 Å². The van der Waals surface area contributed by atoms with Crippen LogP contribution < -0.4 is 0 Å². The van der Waals surface area contributed by atoms with Gasteiger partial charge in [-0.2, -0.15) is 0 Å². The molecule has 0 aliphatic carbocycles. The Labute approximate surface area is 96.8 Å². The Bertz CT molecular complexity index is 311. The van der Waals surface area contributed by atoms with Gasteiger partial charge < -0.3 is 4.74 Å². The molecule has 1 aromatic rings. The number of esters is 1. The van der Waals surface area contributed by atoms with E-state index in [1.165, 1.54) is 12.8 Å². The minimum Gasteiger partial charge on any atom is -0.462 e. The maximum absolute atomic E-state index is 11.6. The Morgan fingerprint density at radius 1 is 1.44 bits per heavy atom. The molecule has 16 heavy (non-hydrogen) atoms. The SMILES string of the molecule is CCCCC(C)COC(=O)c1ccncc1. The topological polar surface area (TPSA) is 39.2 Å². The van der Waals surface area contributed by atoms with Crippen LogP contribution in [0.2, 0.25) is 0 Å². The molecule has 0 bridgehead atoms. The fourth-order valence-corrected chi connectivity index (χ4v) is 1.43. The highest BCUT2D eigenvalue weighted by atomic mass is 16.5. The van der Waals surface area contributed by atoms with E-state index in [1.807, 2.05) is 0 Å². The number of aromatic nitrogens is 1. The smallest absolute Gasteiger partial charge is 0.338 e. The average molecular weight is 221 g/mol. The van der Waals surface area contributed by atoms with Gasteiger partial charge in [-0.15, -0.1) is 0 Å². The van der Waals surface area contributed by atoms with E-state index in [1.54, 1.807) is 24.5 Å². The van der Waals surface area contributed by atoms with Gasteiger partial charge in [0.2, 0.25) is 0 Å². The van der Waals surface area contributed by atoms with Crippen molar-refractivity contribution >= 4 is 5.97 Å². The first kappa shape index (κ1) is 12.7. The molecule has 0 saturated carbocycles. The van der Waals surface area contributed by atoms with Crippen LogP contribution in [0.4, 0.5) is 0 Å². The molecule has 0 aliphatic rings. The number of rotatable bonds is 6. The minimum atomic E-state index is -0.259. The van der Waals surface area contributed by atoms with Crippen LogP contribution in [0.3, 0.4) is 0 Å². The summed E-state index contributed by atoms with van der Waals surface area (Å²) in [7, 11) is 0. The Balaban J connectivity index is 2.30. The fourth-order valence-electron chi connectivity index (χ4n) is 1.43. The molecule has 1 heterocycles. The first-order valence-electron chi connectivity index (χ1n) is 5.81. The molecule has 1 atom stereocenters. The van der Waals surface area contributed by atoms with Crippen molar-refractivity contribution in [2.24, 2.45) is 5.92 Å². The van der Waals surface area contributed by atoms with Gasteiger partial charge in [-0.1, -0.05) is 26.7 Å². The Morgan fingerprint density at radius 2 is 2.12 bits per heavy atom. The van der Waals surface area contributed by atoms with Gasteiger partial charge in [0.1, 0.15) is 0 Å². The van der Waals surface area contributed by atoms with Gasteiger partial charge in [0.05, 0.1) is 12.2 Å². The lowest BCUT2D eigenvalue weighted by atomic mass is 10.1. The normalized spacial score (nSPS) is 12.1. The third kappa shape index (κ3) is 4.43. The van der Waals surface area contributed by atoms with Crippen molar-refractivity contribution in [3.63, 3.8) is 0 Å². The Hall–Kier alpha value is -1.38. The third-order valence-electron chi connectivity index (χ3n) is 2.47. The lowest BCUT2D eigenvalue weighted by molar-refractivity contribution is 0.0442. The molecule has 3 heteroatoms. The second-order valence-electron chi connectivity index (χ2n) is 4.08. The molecular formula is C13H19NO2. The second kappa shape index (κ2) is 6.99. The van der Waals surface area contributed by atoms with Crippen molar-refractivity contribution in [1.82, 2.24) is 4.98 Å². The first-order valence-corrected chi connectivity index (χ1v) is 5.81. The predicted octanol–water partition coefficient (Wildman–Crippen LogP) is 3.06. The number of ether oxygens (including phenoxy) is 1. The summed E-state index contributed by atoms with van der Waals surface area (Å²) >= 11 is 0. The highest BCUT2D eigenvalue weighted by Gasteiger charge is 2.08. The van der Waals surface area contributed by atoms with Crippen LogP contribution >= 0.6 is 0 Å². The molecule has 1 unspecified atom stereocenters. The van der Waals surface area contributed by atoms with Crippen LogP contribution in [0.25, 0.3) is 0 Å². The molecule has 1 rings (SSSR count). The summed E-state index contributed by atoms with van der Waals surface area (Å²) in [5.41, 5.74) is 0.567. The van der Waals surface area contributed by atoms with Gasteiger partial charge in [-0.3, -0.25) is 4.98 Å². The van der Waals surface area contributed by atoms with Crippen LogP contribution in [-0.2, 0) is 4.74 Å². The van der Waals surface area contributed by atoms with Crippen molar-refractivity contribution < 1.29 is 9.53 Å². The lowest BCUT2D eigenvalue weighted by Crippen LogP contribution is -2.12. The summed E-state index contributed by atoms with van der Waals surface area (Å²) in [5, 5.41) is 0. The highest BCUT2D eigenvalue weighted by Crippen LogP contribution is 2.09.